The van der Waals surface area contributed by atoms with Gasteiger partial charge in [0.25, 0.3) is 0 Å². The van der Waals surface area contributed by atoms with Crippen LogP contribution in [0, 0.1) is 11.7 Å². The van der Waals surface area contributed by atoms with Crippen molar-refractivity contribution in [2.45, 2.75) is 69.0 Å². The molecule has 0 unspecified atom stereocenters. The zero-order valence-electron chi connectivity index (χ0n) is 21.7. The number of rotatable bonds is 5. The summed E-state index contributed by atoms with van der Waals surface area (Å²) in [5.41, 5.74) is -1.09. The third-order valence-corrected chi connectivity index (χ3v) is 7.98. The van der Waals surface area contributed by atoms with Gasteiger partial charge in [0.15, 0.2) is 0 Å². The van der Waals surface area contributed by atoms with E-state index >= 15 is 0 Å². The fraction of sp³-hybridized carbons (Fsp3) is 0.444. The first kappa shape index (κ1) is 29.2. The van der Waals surface area contributed by atoms with Crippen molar-refractivity contribution in [1.82, 2.24) is 15.4 Å². The first-order chi connectivity index (χ1) is 17.9. The number of fused-ring (bicyclic) bond motifs is 14. The number of aldehydes is 1. The number of nitrogens with one attached hydrogen (secondary N) is 3. The fourth-order valence-electron chi connectivity index (χ4n) is 4.18. The van der Waals surface area contributed by atoms with Crippen LogP contribution in [0.3, 0.4) is 0 Å². The molecule has 2 aliphatic heterocycles. The molecular formula is C27H34FN3O6S. The number of carbonyl (C=O) groups excluding carboxylic acids is 3. The lowest BCUT2D eigenvalue weighted by Gasteiger charge is -2.32. The lowest BCUT2D eigenvalue weighted by atomic mass is 9.91. The van der Waals surface area contributed by atoms with Gasteiger partial charge >= 0.3 is 0 Å². The molecule has 2 aliphatic rings. The Hall–Kier alpha value is -3.31. The standard InChI is InChI=1S/C27H34FN3O6S/c1-18(2)24-25(33)29-21(17-32)6-4-5-15-37-22-11-7-19(8-12-22)16-27(3,26(34)30-24)31-38(35,36)23-13-9-20(28)10-14-23/h7-14,17-18,21,24,31H,4-6,15-16H2,1-3H3,(H,29,33)(H,30,34)/t21-,24-,27-/m0/s1. The van der Waals surface area contributed by atoms with E-state index in [0.717, 1.165) is 24.3 Å². The molecule has 0 aromatic heterocycles. The van der Waals surface area contributed by atoms with Crippen LogP contribution in [0.1, 0.15) is 45.6 Å². The van der Waals surface area contributed by atoms with E-state index in [9.17, 15) is 27.2 Å². The van der Waals surface area contributed by atoms with Crippen LogP contribution in [-0.4, -0.2) is 50.7 Å². The van der Waals surface area contributed by atoms with Crippen molar-refractivity contribution in [2.75, 3.05) is 6.61 Å². The molecule has 0 aliphatic carbocycles. The topological polar surface area (TPSA) is 131 Å². The van der Waals surface area contributed by atoms with Gasteiger partial charge in [-0.25, -0.2) is 12.8 Å². The molecule has 3 N–H and O–H groups in total. The molecule has 9 nitrogen and oxygen atoms in total. The van der Waals surface area contributed by atoms with Gasteiger partial charge in [-0.2, -0.15) is 4.72 Å². The maximum Gasteiger partial charge on any atom is 0.243 e. The highest BCUT2D eigenvalue weighted by Crippen LogP contribution is 2.22. The molecule has 206 valence electrons. The van der Waals surface area contributed by atoms with Crippen LogP contribution in [-0.2, 0) is 30.8 Å². The lowest BCUT2D eigenvalue weighted by molar-refractivity contribution is -0.133. The quantitative estimate of drug-likeness (QED) is 0.493. The summed E-state index contributed by atoms with van der Waals surface area (Å²) >= 11 is 0. The van der Waals surface area contributed by atoms with Gasteiger partial charge in [0.2, 0.25) is 21.8 Å². The van der Waals surface area contributed by atoms with Crippen LogP contribution >= 0.6 is 0 Å². The Labute approximate surface area is 222 Å². The van der Waals surface area contributed by atoms with Crippen molar-refractivity contribution < 1.29 is 31.9 Å². The highest BCUT2D eigenvalue weighted by molar-refractivity contribution is 7.89. The summed E-state index contributed by atoms with van der Waals surface area (Å²) < 4.78 is 48.1. The highest BCUT2D eigenvalue weighted by atomic mass is 32.2. The van der Waals surface area contributed by atoms with Crippen molar-refractivity contribution in [1.29, 1.82) is 0 Å². The second-order valence-electron chi connectivity index (χ2n) is 10.0. The predicted molar refractivity (Wildman–Crippen MR) is 139 cm³/mol. The van der Waals surface area contributed by atoms with Gasteiger partial charge in [-0.3, -0.25) is 9.59 Å². The molecule has 38 heavy (non-hydrogen) atoms. The van der Waals surface area contributed by atoms with Crippen molar-refractivity contribution in [3.8, 4) is 5.75 Å². The van der Waals surface area contributed by atoms with Gasteiger partial charge in [0, 0.05) is 6.42 Å². The van der Waals surface area contributed by atoms with E-state index in [2.05, 4.69) is 15.4 Å². The summed E-state index contributed by atoms with van der Waals surface area (Å²) in [7, 11) is -4.26. The summed E-state index contributed by atoms with van der Waals surface area (Å²) in [5, 5.41) is 5.37. The Bertz CT molecular complexity index is 1230. The molecule has 3 atom stereocenters. The van der Waals surface area contributed by atoms with Crippen molar-refractivity contribution in [3.63, 3.8) is 0 Å². The number of benzene rings is 2. The van der Waals surface area contributed by atoms with Crippen molar-refractivity contribution >= 4 is 28.1 Å². The minimum Gasteiger partial charge on any atom is -0.494 e. The van der Waals surface area contributed by atoms with Crippen LogP contribution in [0.25, 0.3) is 0 Å². The van der Waals surface area contributed by atoms with Crippen LogP contribution in [0.2, 0.25) is 0 Å². The fourth-order valence-corrected chi connectivity index (χ4v) is 5.55. The Morgan fingerprint density at radius 1 is 1.05 bits per heavy atom. The van der Waals surface area contributed by atoms with Gasteiger partial charge in [0.1, 0.15) is 29.4 Å². The van der Waals surface area contributed by atoms with Gasteiger partial charge < -0.3 is 20.2 Å². The molecule has 2 aromatic rings. The van der Waals surface area contributed by atoms with Gasteiger partial charge in [-0.15, -0.1) is 0 Å². The molecule has 2 aromatic carbocycles. The zero-order chi connectivity index (χ0) is 27.9. The molecule has 0 spiro atoms. The third-order valence-electron chi connectivity index (χ3n) is 6.37. The molecule has 11 heteroatoms. The predicted octanol–water partition coefficient (Wildman–Crippen LogP) is 2.49. The number of ether oxygens (including phenoxy) is 1. The molecule has 0 saturated carbocycles. The SMILES string of the molecule is CC(C)[C@@H]1NC(=O)[C@@](C)(NS(=O)(=O)c2ccc(F)cc2)Cc2ccc(cc2)OCCCC[C@@H](C=O)NC1=O. The van der Waals surface area contributed by atoms with E-state index in [1.165, 1.54) is 6.92 Å². The number of hydrogen-bond acceptors (Lipinski definition) is 6. The van der Waals surface area contributed by atoms with Gasteiger partial charge in [0.05, 0.1) is 17.5 Å². The third kappa shape index (κ3) is 7.61. The Morgan fingerprint density at radius 3 is 2.32 bits per heavy atom. The maximum absolute atomic E-state index is 13.7. The molecule has 0 radical (unpaired) electrons. The van der Waals surface area contributed by atoms with Crippen molar-refractivity contribution in [2.24, 2.45) is 5.92 Å². The molecule has 2 amide bonds. The highest BCUT2D eigenvalue weighted by Gasteiger charge is 2.40. The van der Waals surface area contributed by atoms with Crippen molar-refractivity contribution in [3.05, 3.63) is 59.9 Å². The molecule has 2 heterocycles. The average Bonchev–Trinajstić information content (AvgIpc) is 2.86. The first-order valence-corrected chi connectivity index (χ1v) is 14.0. The number of amides is 2. The number of hydrogen-bond donors (Lipinski definition) is 3. The normalized spacial score (nSPS) is 23.7. The van der Waals surface area contributed by atoms with E-state index < -0.39 is 45.3 Å². The Morgan fingerprint density at radius 2 is 1.71 bits per heavy atom. The van der Waals surface area contributed by atoms with E-state index in [0.29, 0.717) is 43.5 Å². The summed E-state index contributed by atoms with van der Waals surface area (Å²) in [4.78, 5) is 38.2. The second-order valence-corrected chi connectivity index (χ2v) is 11.7. The van der Waals surface area contributed by atoms with Crippen LogP contribution in [0.4, 0.5) is 4.39 Å². The summed E-state index contributed by atoms with van der Waals surface area (Å²) in [6, 6.07) is 9.41. The minimum absolute atomic E-state index is 0.0526. The Kier molecular flexibility index (Phi) is 9.61. The Balaban J connectivity index is 2.00. The largest absolute Gasteiger partial charge is 0.494 e. The molecular weight excluding hydrogens is 513 g/mol. The average molecular weight is 548 g/mol. The minimum atomic E-state index is -4.26. The molecule has 0 fully saturated rings. The lowest BCUT2D eigenvalue weighted by Crippen LogP contribution is -2.62. The summed E-state index contributed by atoms with van der Waals surface area (Å²) in [5.74, 6) is -1.63. The molecule has 2 bridgehead atoms. The van der Waals surface area contributed by atoms with Crippen LogP contribution in [0.5, 0.6) is 5.75 Å². The number of carbonyl (C=O) groups is 3. The second kappa shape index (κ2) is 12.5. The van der Waals surface area contributed by atoms with Crippen LogP contribution in [0.15, 0.2) is 53.4 Å². The van der Waals surface area contributed by atoms with Crippen LogP contribution < -0.4 is 20.1 Å². The first-order valence-electron chi connectivity index (χ1n) is 12.5. The van der Waals surface area contributed by atoms with E-state index in [1.54, 1.807) is 38.1 Å². The zero-order valence-corrected chi connectivity index (χ0v) is 22.5. The summed E-state index contributed by atoms with van der Waals surface area (Å²) in [6.07, 6.45) is 2.33. The molecule has 0 saturated heterocycles. The van der Waals surface area contributed by atoms with E-state index in [4.69, 9.17) is 4.74 Å². The monoisotopic (exact) mass is 547 g/mol. The smallest absolute Gasteiger partial charge is 0.243 e. The number of sulfonamides is 1. The van der Waals surface area contributed by atoms with E-state index in [1.807, 2.05) is 0 Å². The number of halogens is 1. The van der Waals surface area contributed by atoms with E-state index in [-0.39, 0.29) is 17.2 Å². The summed E-state index contributed by atoms with van der Waals surface area (Å²) in [6.45, 7) is 5.31. The van der Waals surface area contributed by atoms with Gasteiger partial charge in [-0.1, -0.05) is 26.0 Å². The molecule has 4 rings (SSSR count). The van der Waals surface area contributed by atoms with Gasteiger partial charge in [-0.05, 0) is 74.1 Å². The maximum atomic E-state index is 13.7.